The van der Waals surface area contributed by atoms with Gasteiger partial charge in [0, 0.05) is 12.1 Å². The molecule has 2 unspecified atom stereocenters. The highest BCUT2D eigenvalue weighted by atomic mass is 16.3. The fourth-order valence-corrected chi connectivity index (χ4v) is 3.55. The molecule has 0 amide bonds. The molecule has 0 spiro atoms. The average Bonchev–Trinajstić information content (AvgIpc) is 2.69. The van der Waals surface area contributed by atoms with Crippen molar-refractivity contribution in [2.45, 2.75) is 63.1 Å². The molecule has 2 N–H and O–H groups in total. The van der Waals surface area contributed by atoms with Gasteiger partial charge in [0.1, 0.15) is 0 Å². The molecule has 2 aliphatic heterocycles. The minimum atomic E-state index is -0.609. The summed E-state index contributed by atoms with van der Waals surface area (Å²) in [6, 6.07) is 9.57. The van der Waals surface area contributed by atoms with E-state index in [0.29, 0.717) is 18.0 Å². The lowest BCUT2D eigenvalue weighted by Gasteiger charge is -2.37. The van der Waals surface area contributed by atoms with Gasteiger partial charge in [0.05, 0.1) is 5.60 Å². The first-order valence-electron chi connectivity index (χ1n) is 7.16. The van der Waals surface area contributed by atoms with E-state index in [2.05, 4.69) is 43.4 Å². The number of hydrogen-bond donors (Lipinski definition) is 2. The fourth-order valence-electron chi connectivity index (χ4n) is 3.55. The van der Waals surface area contributed by atoms with E-state index in [1.807, 2.05) is 0 Å². The third kappa shape index (κ3) is 2.08. The molecular formula is C16H23NO. The van der Waals surface area contributed by atoms with E-state index < -0.39 is 5.60 Å². The van der Waals surface area contributed by atoms with Gasteiger partial charge in [-0.15, -0.1) is 0 Å². The number of aliphatic hydroxyl groups is 1. The van der Waals surface area contributed by atoms with Gasteiger partial charge in [-0.2, -0.15) is 0 Å². The zero-order chi connectivity index (χ0) is 12.8. The van der Waals surface area contributed by atoms with Gasteiger partial charge < -0.3 is 10.4 Å². The van der Waals surface area contributed by atoms with Gasteiger partial charge in [0.2, 0.25) is 0 Å². The molecule has 18 heavy (non-hydrogen) atoms. The first-order valence-corrected chi connectivity index (χ1v) is 7.16. The third-order valence-corrected chi connectivity index (χ3v) is 4.59. The highest BCUT2D eigenvalue weighted by Crippen LogP contribution is 2.41. The normalized spacial score (nSPS) is 35.1. The van der Waals surface area contributed by atoms with E-state index in [1.54, 1.807) is 0 Å². The molecular weight excluding hydrogens is 222 g/mol. The van der Waals surface area contributed by atoms with Crippen molar-refractivity contribution >= 4 is 0 Å². The summed E-state index contributed by atoms with van der Waals surface area (Å²) in [4.78, 5) is 0. The topological polar surface area (TPSA) is 32.3 Å². The Morgan fingerprint density at radius 1 is 1.22 bits per heavy atom. The summed E-state index contributed by atoms with van der Waals surface area (Å²) in [7, 11) is 0. The lowest BCUT2D eigenvalue weighted by molar-refractivity contribution is -0.0115. The van der Waals surface area contributed by atoms with Crippen molar-refractivity contribution in [2.75, 3.05) is 0 Å². The smallest absolute Gasteiger partial charge is 0.0926 e. The van der Waals surface area contributed by atoms with Crippen LogP contribution in [0.15, 0.2) is 24.3 Å². The van der Waals surface area contributed by atoms with E-state index in [4.69, 9.17) is 0 Å². The van der Waals surface area contributed by atoms with Crippen LogP contribution in [0.1, 0.15) is 56.6 Å². The third-order valence-electron chi connectivity index (χ3n) is 4.59. The summed E-state index contributed by atoms with van der Waals surface area (Å²) in [6.45, 7) is 4.41. The number of fused-ring (bicyclic) bond motifs is 2. The zero-order valence-electron chi connectivity index (χ0n) is 11.3. The van der Waals surface area contributed by atoms with Gasteiger partial charge in [-0.1, -0.05) is 38.1 Å². The molecule has 2 nitrogen and oxygen atoms in total. The zero-order valence-corrected chi connectivity index (χ0v) is 11.3. The Labute approximate surface area is 109 Å². The van der Waals surface area contributed by atoms with Crippen molar-refractivity contribution in [2.24, 2.45) is 0 Å². The second-order valence-electron chi connectivity index (χ2n) is 6.36. The maximum absolute atomic E-state index is 11.0. The van der Waals surface area contributed by atoms with Crippen molar-refractivity contribution in [1.82, 2.24) is 5.32 Å². The van der Waals surface area contributed by atoms with Crippen LogP contribution in [0.3, 0.4) is 0 Å². The number of benzene rings is 1. The quantitative estimate of drug-likeness (QED) is 0.839. The fraction of sp³-hybridized carbons (Fsp3) is 0.625. The van der Waals surface area contributed by atoms with Gasteiger partial charge in [-0.25, -0.2) is 0 Å². The van der Waals surface area contributed by atoms with Crippen LogP contribution in [0.2, 0.25) is 0 Å². The monoisotopic (exact) mass is 245 g/mol. The van der Waals surface area contributed by atoms with Crippen molar-refractivity contribution in [1.29, 1.82) is 0 Å². The number of rotatable bonds is 2. The molecule has 2 aliphatic rings. The highest BCUT2D eigenvalue weighted by Gasteiger charge is 2.43. The molecule has 2 heteroatoms. The molecule has 2 bridgehead atoms. The number of piperidine rings is 1. The summed E-state index contributed by atoms with van der Waals surface area (Å²) in [5.74, 6) is 0.520. The van der Waals surface area contributed by atoms with Crippen molar-refractivity contribution in [3.05, 3.63) is 35.4 Å². The van der Waals surface area contributed by atoms with E-state index in [0.717, 1.165) is 18.4 Å². The summed E-state index contributed by atoms with van der Waals surface area (Å²) in [6.07, 6.45) is 4.17. The van der Waals surface area contributed by atoms with Crippen molar-refractivity contribution in [3.63, 3.8) is 0 Å². The van der Waals surface area contributed by atoms with Crippen LogP contribution in [-0.2, 0) is 5.60 Å². The second-order valence-corrected chi connectivity index (χ2v) is 6.36. The Hall–Kier alpha value is -0.860. The van der Waals surface area contributed by atoms with Crippen LogP contribution in [0.4, 0.5) is 0 Å². The van der Waals surface area contributed by atoms with Crippen LogP contribution in [-0.4, -0.2) is 17.2 Å². The lowest BCUT2D eigenvalue weighted by atomic mass is 9.80. The van der Waals surface area contributed by atoms with Crippen molar-refractivity contribution < 1.29 is 5.11 Å². The van der Waals surface area contributed by atoms with Crippen LogP contribution in [0, 0.1) is 0 Å². The number of hydrogen-bond acceptors (Lipinski definition) is 2. The maximum atomic E-state index is 11.0. The summed E-state index contributed by atoms with van der Waals surface area (Å²) >= 11 is 0. The summed E-state index contributed by atoms with van der Waals surface area (Å²) in [5, 5.41) is 14.6. The SMILES string of the molecule is CC(C)c1cccc(C2(O)CC3CCC(C2)N3)c1. The Kier molecular flexibility index (Phi) is 2.95. The average molecular weight is 245 g/mol. The summed E-state index contributed by atoms with van der Waals surface area (Å²) in [5.41, 5.74) is 1.83. The molecule has 1 aromatic rings. The first kappa shape index (κ1) is 12.2. The van der Waals surface area contributed by atoms with Gasteiger partial charge in [0.15, 0.2) is 0 Å². The Morgan fingerprint density at radius 2 is 1.89 bits per heavy atom. The van der Waals surface area contributed by atoms with E-state index in [1.165, 1.54) is 18.4 Å². The predicted octanol–water partition coefficient (Wildman–Crippen LogP) is 2.91. The Morgan fingerprint density at radius 3 is 2.50 bits per heavy atom. The van der Waals surface area contributed by atoms with E-state index >= 15 is 0 Å². The van der Waals surface area contributed by atoms with Crippen molar-refractivity contribution in [3.8, 4) is 0 Å². The highest BCUT2D eigenvalue weighted by molar-refractivity contribution is 5.31. The van der Waals surface area contributed by atoms with Gasteiger partial charge in [-0.05, 0) is 42.7 Å². The van der Waals surface area contributed by atoms with E-state index in [9.17, 15) is 5.11 Å². The minimum Gasteiger partial charge on any atom is -0.385 e. The Balaban J connectivity index is 1.91. The second kappa shape index (κ2) is 4.36. The number of nitrogens with one attached hydrogen (secondary N) is 1. The molecule has 3 rings (SSSR count). The van der Waals surface area contributed by atoms with Crippen LogP contribution >= 0.6 is 0 Å². The van der Waals surface area contributed by atoms with Crippen LogP contribution in [0.25, 0.3) is 0 Å². The lowest BCUT2D eigenvalue weighted by Crippen LogP contribution is -2.46. The molecule has 1 aromatic carbocycles. The molecule has 0 saturated carbocycles. The molecule has 0 aromatic heterocycles. The van der Waals surface area contributed by atoms with Gasteiger partial charge in [0.25, 0.3) is 0 Å². The minimum absolute atomic E-state index is 0.511. The van der Waals surface area contributed by atoms with Gasteiger partial charge >= 0.3 is 0 Å². The van der Waals surface area contributed by atoms with E-state index in [-0.39, 0.29) is 0 Å². The molecule has 2 heterocycles. The first-order chi connectivity index (χ1) is 8.57. The molecule has 0 radical (unpaired) electrons. The van der Waals surface area contributed by atoms with Gasteiger partial charge in [-0.3, -0.25) is 0 Å². The van der Waals surface area contributed by atoms with Crippen LogP contribution < -0.4 is 5.32 Å². The molecule has 2 atom stereocenters. The molecule has 2 fully saturated rings. The largest absolute Gasteiger partial charge is 0.385 e. The van der Waals surface area contributed by atoms with Crippen LogP contribution in [0.5, 0.6) is 0 Å². The standard InChI is InChI=1S/C16H23NO/c1-11(2)12-4-3-5-13(8-12)16(18)9-14-6-7-15(10-16)17-14/h3-5,8,11,14-15,17-18H,6-7,9-10H2,1-2H3. The molecule has 98 valence electrons. The maximum Gasteiger partial charge on any atom is 0.0926 e. The molecule has 0 aliphatic carbocycles. The molecule has 2 saturated heterocycles. The predicted molar refractivity (Wildman–Crippen MR) is 73.6 cm³/mol. The Bertz CT molecular complexity index is 428. The summed E-state index contributed by atoms with van der Waals surface area (Å²) < 4.78 is 0.